The van der Waals surface area contributed by atoms with Crippen molar-refractivity contribution in [3.05, 3.63) is 81.8 Å². The fourth-order valence-electron chi connectivity index (χ4n) is 3.51. The van der Waals surface area contributed by atoms with E-state index in [9.17, 15) is 9.90 Å². The number of hydrogen-bond acceptors (Lipinski definition) is 8. The van der Waals surface area contributed by atoms with Crippen LogP contribution >= 0.6 is 15.9 Å². The molecule has 0 atom stereocenters. The van der Waals surface area contributed by atoms with Crippen LogP contribution in [-0.4, -0.2) is 37.0 Å². The zero-order valence-electron chi connectivity index (χ0n) is 21.4. The number of halogens is 1. The number of rotatable bonds is 10. The Balaban J connectivity index is 2.01. The van der Waals surface area contributed by atoms with Crippen LogP contribution in [0, 0.1) is 29.6 Å². The maximum atomic E-state index is 12.8. The van der Waals surface area contributed by atoms with Gasteiger partial charge < -0.3 is 14.7 Å². The molecule has 1 amide bonds. The summed E-state index contributed by atoms with van der Waals surface area (Å²) >= 11 is 3.29. The van der Waals surface area contributed by atoms with Crippen LogP contribution < -0.4 is 15.1 Å². The number of phenols is 1. The third-order valence-electron chi connectivity index (χ3n) is 5.54. The zero-order valence-corrected chi connectivity index (χ0v) is 23.0. The molecule has 0 saturated heterocycles. The SMILES string of the molecule is COc1cc(N(CCC#N)CCC#N)ccc1C(N=Nc1ccc(C)cc1)=NNC(=O)c1cc(Br)ccc1O. The molecule has 0 bridgehead atoms. The molecule has 3 aromatic rings. The summed E-state index contributed by atoms with van der Waals surface area (Å²) in [4.78, 5) is 14.7. The molecule has 11 heteroatoms. The molecule has 0 heterocycles. The van der Waals surface area contributed by atoms with E-state index in [1.165, 1.54) is 19.2 Å². The van der Waals surface area contributed by atoms with Crippen LogP contribution in [0.5, 0.6) is 11.5 Å². The van der Waals surface area contributed by atoms with Gasteiger partial charge in [-0.2, -0.15) is 10.5 Å². The quantitative estimate of drug-likeness (QED) is 0.129. The van der Waals surface area contributed by atoms with E-state index in [2.05, 4.69) is 48.8 Å². The topological polar surface area (TPSA) is 146 Å². The molecule has 0 aromatic heterocycles. The number of aryl methyl sites for hydroxylation is 1. The van der Waals surface area contributed by atoms with Gasteiger partial charge in [-0.3, -0.25) is 4.79 Å². The van der Waals surface area contributed by atoms with Crippen LogP contribution in [0.15, 0.2) is 80.5 Å². The zero-order chi connectivity index (χ0) is 28.2. The van der Waals surface area contributed by atoms with E-state index in [1.807, 2.05) is 24.0 Å². The maximum Gasteiger partial charge on any atom is 0.275 e. The number of methoxy groups -OCH3 is 1. The Morgan fingerprint density at radius 3 is 2.36 bits per heavy atom. The van der Waals surface area contributed by atoms with Gasteiger partial charge in [0.2, 0.25) is 5.84 Å². The van der Waals surface area contributed by atoms with Gasteiger partial charge in [-0.05, 0) is 49.4 Å². The molecule has 0 aliphatic carbocycles. The van der Waals surface area contributed by atoms with Crippen molar-refractivity contribution in [2.24, 2.45) is 15.3 Å². The van der Waals surface area contributed by atoms with E-state index in [1.54, 1.807) is 36.4 Å². The summed E-state index contributed by atoms with van der Waals surface area (Å²) < 4.78 is 6.24. The molecule has 0 aliphatic rings. The molecule has 10 nitrogen and oxygen atoms in total. The van der Waals surface area contributed by atoms with Crippen LogP contribution in [0.1, 0.15) is 34.3 Å². The molecule has 0 unspecified atom stereocenters. The Kier molecular flexibility index (Phi) is 10.5. The Morgan fingerprint density at radius 1 is 1.03 bits per heavy atom. The van der Waals surface area contributed by atoms with Crippen molar-refractivity contribution in [1.29, 1.82) is 10.5 Å². The molecule has 39 heavy (non-hydrogen) atoms. The highest BCUT2D eigenvalue weighted by molar-refractivity contribution is 9.10. The molecular weight excluding hydrogens is 562 g/mol. The lowest BCUT2D eigenvalue weighted by molar-refractivity contribution is 0.0952. The average molecular weight is 588 g/mol. The number of amides is 1. The van der Waals surface area contributed by atoms with E-state index in [0.717, 1.165) is 11.3 Å². The fourth-order valence-corrected chi connectivity index (χ4v) is 3.87. The highest BCUT2D eigenvalue weighted by Crippen LogP contribution is 2.28. The van der Waals surface area contributed by atoms with Crippen LogP contribution in [0.4, 0.5) is 11.4 Å². The van der Waals surface area contributed by atoms with Crippen LogP contribution in [0.3, 0.4) is 0 Å². The van der Waals surface area contributed by atoms with Crippen molar-refractivity contribution in [3.63, 3.8) is 0 Å². The number of nitrogens with zero attached hydrogens (tertiary/aromatic N) is 6. The monoisotopic (exact) mass is 587 g/mol. The highest BCUT2D eigenvalue weighted by Gasteiger charge is 2.17. The lowest BCUT2D eigenvalue weighted by Gasteiger charge is -2.23. The Morgan fingerprint density at radius 2 is 1.72 bits per heavy atom. The summed E-state index contributed by atoms with van der Waals surface area (Å²) in [5.41, 5.74) is 5.30. The number of amidine groups is 1. The van der Waals surface area contributed by atoms with Gasteiger partial charge in [0.25, 0.3) is 5.91 Å². The highest BCUT2D eigenvalue weighted by atomic mass is 79.9. The first kappa shape index (κ1) is 28.8. The normalized spacial score (nSPS) is 11.1. The number of nitrogens with one attached hydrogen (secondary N) is 1. The van der Waals surface area contributed by atoms with Crippen molar-refractivity contribution in [2.45, 2.75) is 19.8 Å². The summed E-state index contributed by atoms with van der Waals surface area (Å²) in [6, 6.07) is 21.4. The Bertz CT molecular complexity index is 1440. The minimum Gasteiger partial charge on any atom is -0.507 e. The molecule has 0 radical (unpaired) electrons. The van der Waals surface area contributed by atoms with Gasteiger partial charge in [0, 0.05) is 29.3 Å². The molecule has 0 spiro atoms. The van der Waals surface area contributed by atoms with E-state index in [-0.39, 0.29) is 17.1 Å². The summed E-state index contributed by atoms with van der Waals surface area (Å²) in [7, 11) is 1.49. The largest absolute Gasteiger partial charge is 0.507 e. The second-order valence-electron chi connectivity index (χ2n) is 8.26. The summed E-state index contributed by atoms with van der Waals surface area (Å²) in [6.45, 7) is 2.85. The molecule has 2 N–H and O–H groups in total. The lowest BCUT2D eigenvalue weighted by Crippen LogP contribution is -2.25. The molecule has 0 saturated carbocycles. The number of carbonyl (C=O) groups excluding carboxylic acids is 1. The average Bonchev–Trinajstić information content (AvgIpc) is 2.95. The van der Waals surface area contributed by atoms with Gasteiger partial charge in [-0.1, -0.05) is 33.6 Å². The third kappa shape index (κ3) is 8.12. The predicted molar refractivity (Wildman–Crippen MR) is 151 cm³/mol. The first-order chi connectivity index (χ1) is 18.9. The Labute approximate surface area is 235 Å². The van der Waals surface area contributed by atoms with Gasteiger partial charge >= 0.3 is 0 Å². The number of ether oxygens (including phenoxy) is 1. The van der Waals surface area contributed by atoms with Crippen LogP contribution in [0.2, 0.25) is 0 Å². The number of nitriles is 2. The first-order valence-corrected chi connectivity index (χ1v) is 12.7. The van der Waals surface area contributed by atoms with Crippen LogP contribution in [-0.2, 0) is 0 Å². The summed E-state index contributed by atoms with van der Waals surface area (Å²) in [6.07, 6.45) is 0.586. The van der Waals surface area contributed by atoms with Gasteiger partial charge in [0.15, 0.2) is 0 Å². The van der Waals surface area contributed by atoms with Crippen molar-refractivity contribution < 1.29 is 14.6 Å². The number of hydrogen-bond donors (Lipinski definition) is 2. The standard InChI is InChI=1S/C28H26BrN7O3/c1-19-5-8-21(9-6-19)32-33-27(34-35-28(38)24-17-20(29)7-12-25(24)37)23-11-10-22(18-26(23)39-2)36(15-3-13-30)16-4-14-31/h5-12,17-18,37H,3-4,15-16H2,1-2H3,(H,35,38). The van der Waals surface area contributed by atoms with E-state index in [0.29, 0.717) is 47.4 Å². The number of phenolic OH excluding ortho intramolecular Hbond substituents is 1. The van der Waals surface area contributed by atoms with Gasteiger partial charge in [0.05, 0.1) is 48.9 Å². The van der Waals surface area contributed by atoms with Gasteiger partial charge in [-0.25, -0.2) is 5.43 Å². The van der Waals surface area contributed by atoms with Gasteiger partial charge in [0.1, 0.15) is 11.5 Å². The third-order valence-corrected chi connectivity index (χ3v) is 6.03. The second-order valence-corrected chi connectivity index (χ2v) is 9.18. The maximum absolute atomic E-state index is 12.8. The van der Waals surface area contributed by atoms with E-state index >= 15 is 0 Å². The first-order valence-electron chi connectivity index (χ1n) is 11.9. The molecule has 198 valence electrons. The number of hydrazone groups is 1. The van der Waals surface area contributed by atoms with Crippen LogP contribution in [0.25, 0.3) is 0 Å². The molecule has 0 fully saturated rings. The number of azo groups is 1. The molecule has 0 aliphatic heterocycles. The minimum atomic E-state index is -0.647. The molecular formula is C28H26BrN7O3. The van der Waals surface area contributed by atoms with Crippen molar-refractivity contribution in [2.75, 3.05) is 25.1 Å². The second kappa shape index (κ2) is 14.3. The van der Waals surface area contributed by atoms with Gasteiger partial charge in [-0.15, -0.1) is 15.3 Å². The number of anilines is 1. The van der Waals surface area contributed by atoms with E-state index < -0.39 is 5.91 Å². The number of carbonyl (C=O) groups is 1. The Hall–Kier alpha value is -4.74. The smallest absolute Gasteiger partial charge is 0.275 e. The van der Waals surface area contributed by atoms with Crippen molar-refractivity contribution >= 4 is 39.0 Å². The van der Waals surface area contributed by atoms with Crippen molar-refractivity contribution in [1.82, 2.24) is 5.43 Å². The number of aromatic hydroxyl groups is 1. The fraction of sp³-hybridized carbons (Fsp3) is 0.214. The molecule has 3 rings (SSSR count). The molecule has 3 aromatic carbocycles. The summed E-state index contributed by atoms with van der Waals surface area (Å²) in [5.74, 6) is -0.396. The lowest BCUT2D eigenvalue weighted by atomic mass is 10.1. The van der Waals surface area contributed by atoms with Crippen molar-refractivity contribution in [3.8, 4) is 23.6 Å². The predicted octanol–water partition coefficient (Wildman–Crippen LogP) is 5.98. The summed E-state index contributed by atoms with van der Waals surface area (Å²) in [5, 5.41) is 40.9. The number of benzene rings is 3. The minimum absolute atomic E-state index is 0.0240. The van der Waals surface area contributed by atoms with E-state index in [4.69, 9.17) is 15.3 Å².